The lowest BCUT2D eigenvalue weighted by atomic mass is 10.2. The van der Waals surface area contributed by atoms with Gasteiger partial charge < -0.3 is 19.9 Å². The van der Waals surface area contributed by atoms with Crippen molar-refractivity contribution in [2.75, 3.05) is 44.2 Å². The first-order valence-corrected chi connectivity index (χ1v) is 9.85. The highest BCUT2D eigenvalue weighted by Crippen LogP contribution is 2.29. The monoisotopic (exact) mass is 436 g/mol. The van der Waals surface area contributed by atoms with E-state index in [2.05, 4.69) is 10.3 Å². The van der Waals surface area contributed by atoms with Crippen molar-refractivity contribution in [2.45, 2.75) is 13.1 Å². The molecule has 0 spiro atoms. The normalized spacial score (nSPS) is 14.3. The Morgan fingerprint density at radius 1 is 1.10 bits per heavy atom. The summed E-state index contributed by atoms with van der Waals surface area (Å²) < 4.78 is 43.4. The Morgan fingerprint density at radius 2 is 1.81 bits per heavy atom. The molecular weight excluding hydrogens is 413 g/mol. The molecule has 7 nitrogen and oxygen atoms in total. The van der Waals surface area contributed by atoms with Gasteiger partial charge in [0, 0.05) is 32.4 Å². The summed E-state index contributed by atoms with van der Waals surface area (Å²) in [6.45, 7) is 3.72. The van der Waals surface area contributed by atoms with Gasteiger partial charge in [0.2, 0.25) is 5.91 Å². The lowest BCUT2D eigenvalue weighted by Gasteiger charge is -2.35. The standard InChI is InChI=1S/C21H23F3N4O3/c1-2-31-17-6-4-3-5-16(17)20(30)26-14-19(29)28-11-9-27(10-12-28)18-8-7-15(13-25-18)21(22,23)24/h3-8,13H,2,9-12,14H2,1H3,(H,26,30). The topological polar surface area (TPSA) is 74.8 Å². The van der Waals surface area contributed by atoms with Crippen LogP contribution in [-0.2, 0) is 11.0 Å². The second-order valence-electron chi connectivity index (χ2n) is 6.88. The van der Waals surface area contributed by atoms with E-state index in [9.17, 15) is 22.8 Å². The number of carbonyl (C=O) groups is 2. The summed E-state index contributed by atoms with van der Waals surface area (Å²) in [6.07, 6.45) is -3.62. The summed E-state index contributed by atoms with van der Waals surface area (Å²) in [5.41, 5.74) is -0.443. The van der Waals surface area contributed by atoms with Gasteiger partial charge in [0.15, 0.2) is 0 Å². The maximum atomic E-state index is 12.7. The number of halogens is 3. The minimum atomic E-state index is -4.43. The van der Waals surface area contributed by atoms with Gasteiger partial charge >= 0.3 is 6.18 Å². The molecule has 1 aromatic carbocycles. The van der Waals surface area contributed by atoms with Crippen molar-refractivity contribution in [3.63, 3.8) is 0 Å². The van der Waals surface area contributed by atoms with Gasteiger partial charge in [0.05, 0.1) is 24.3 Å². The van der Waals surface area contributed by atoms with E-state index >= 15 is 0 Å². The van der Waals surface area contributed by atoms with Gasteiger partial charge in [-0.25, -0.2) is 4.98 Å². The first-order valence-electron chi connectivity index (χ1n) is 9.85. The molecule has 1 aliphatic rings. The zero-order chi connectivity index (χ0) is 22.4. The number of hydrogen-bond donors (Lipinski definition) is 1. The van der Waals surface area contributed by atoms with Gasteiger partial charge in [-0.15, -0.1) is 0 Å². The van der Waals surface area contributed by atoms with Crippen LogP contribution in [0.1, 0.15) is 22.8 Å². The molecule has 1 saturated heterocycles. The minimum Gasteiger partial charge on any atom is -0.493 e. The van der Waals surface area contributed by atoms with Crippen LogP contribution in [0.4, 0.5) is 19.0 Å². The summed E-state index contributed by atoms with van der Waals surface area (Å²) in [4.78, 5) is 32.2. The van der Waals surface area contributed by atoms with Gasteiger partial charge in [0.25, 0.3) is 5.91 Å². The minimum absolute atomic E-state index is 0.155. The molecule has 0 bridgehead atoms. The van der Waals surface area contributed by atoms with Crippen LogP contribution in [0.15, 0.2) is 42.6 Å². The van der Waals surface area contributed by atoms with Crippen LogP contribution < -0.4 is 15.0 Å². The van der Waals surface area contributed by atoms with E-state index in [4.69, 9.17) is 4.74 Å². The van der Waals surface area contributed by atoms with E-state index in [1.165, 1.54) is 6.07 Å². The van der Waals surface area contributed by atoms with E-state index < -0.39 is 17.6 Å². The fourth-order valence-corrected chi connectivity index (χ4v) is 3.22. The maximum Gasteiger partial charge on any atom is 0.417 e. The Labute approximate surface area is 177 Å². The molecule has 166 valence electrons. The number of nitrogens with zero attached hydrogens (tertiary/aromatic N) is 3. The zero-order valence-corrected chi connectivity index (χ0v) is 17.0. The quantitative estimate of drug-likeness (QED) is 0.754. The molecule has 1 aromatic heterocycles. The van der Waals surface area contributed by atoms with E-state index in [1.54, 1.807) is 29.2 Å². The number of benzene rings is 1. The first-order chi connectivity index (χ1) is 14.8. The number of pyridine rings is 1. The second-order valence-corrected chi connectivity index (χ2v) is 6.88. The Morgan fingerprint density at radius 3 is 2.42 bits per heavy atom. The Balaban J connectivity index is 1.50. The maximum absolute atomic E-state index is 12.7. The molecule has 1 aliphatic heterocycles. The summed E-state index contributed by atoms with van der Waals surface area (Å²) in [5, 5.41) is 2.62. The van der Waals surface area contributed by atoms with Crippen molar-refractivity contribution in [3.8, 4) is 5.75 Å². The molecule has 3 rings (SSSR count). The van der Waals surface area contributed by atoms with Gasteiger partial charge in [0.1, 0.15) is 11.6 Å². The highest BCUT2D eigenvalue weighted by molar-refractivity contribution is 5.98. The Hall–Kier alpha value is -3.30. The van der Waals surface area contributed by atoms with Crippen molar-refractivity contribution in [1.82, 2.24) is 15.2 Å². The molecule has 2 amide bonds. The molecule has 1 fully saturated rings. The number of alkyl halides is 3. The number of aromatic nitrogens is 1. The molecule has 31 heavy (non-hydrogen) atoms. The first kappa shape index (κ1) is 22.4. The van der Waals surface area contributed by atoms with Crippen molar-refractivity contribution in [3.05, 3.63) is 53.7 Å². The fourth-order valence-electron chi connectivity index (χ4n) is 3.22. The molecule has 1 N–H and O–H groups in total. The van der Waals surface area contributed by atoms with Gasteiger partial charge in [-0.05, 0) is 31.2 Å². The molecular formula is C21H23F3N4O3. The van der Waals surface area contributed by atoms with Crippen molar-refractivity contribution in [2.24, 2.45) is 0 Å². The van der Waals surface area contributed by atoms with Gasteiger partial charge in [-0.1, -0.05) is 12.1 Å². The van der Waals surface area contributed by atoms with Crippen LogP contribution in [-0.4, -0.2) is 61.0 Å². The van der Waals surface area contributed by atoms with Crippen molar-refractivity contribution < 1.29 is 27.5 Å². The highest BCUT2D eigenvalue weighted by Gasteiger charge is 2.31. The second kappa shape index (κ2) is 9.67. The van der Waals surface area contributed by atoms with Crippen LogP contribution >= 0.6 is 0 Å². The van der Waals surface area contributed by atoms with Gasteiger partial charge in [-0.3, -0.25) is 9.59 Å². The molecule has 0 unspecified atom stereocenters. The largest absolute Gasteiger partial charge is 0.493 e. The predicted molar refractivity (Wildman–Crippen MR) is 108 cm³/mol. The smallest absolute Gasteiger partial charge is 0.417 e. The average molecular weight is 436 g/mol. The number of anilines is 1. The fraction of sp³-hybridized carbons (Fsp3) is 0.381. The lowest BCUT2D eigenvalue weighted by Crippen LogP contribution is -2.51. The summed E-state index contributed by atoms with van der Waals surface area (Å²) >= 11 is 0. The number of amides is 2. The predicted octanol–water partition coefficient (Wildman–Crippen LogP) is 2.58. The molecule has 10 heteroatoms. The van der Waals surface area contributed by atoms with E-state index in [-0.39, 0.29) is 12.5 Å². The van der Waals surface area contributed by atoms with Crippen molar-refractivity contribution >= 4 is 17.6 Å². The van der Waals surface area contributed by atoms with Gasteiger partial charge in [-0.2, -0.15) is 13.2 Å². The lowest BCUT2D eigenvalue weighted by molar-refractivity contribution is -0.137. The molecule has 0 saturated carbocycles. The molecule has 0 aliphatic carbocycles. The summed E-state index contributed by atoms with van der Waals surface area (Å²) in [5.74, 6) is 0.251. The number of piperazine rings is 1. The van der Waals surface area contributed by atoms with Crippen LogP contribution in [0.5, 0.6) is 5.75 Å². The van der Waals surface area contributed by atoms with E-state index in [1.807, 2.05) is 11.8 Å². The summed E-state index contributed by atoms with van der Waals surface area (Å²) in [6, 6.07) is 9.12. The molecule has 2 aromatic rings. The number of ether oxygens (including phenoxy) is 1. The Bertz CT molecular complexity index is 911. The van der Waals surface area contributed by atoms with Crippen molar-refractivity contribution in [1.29, 1.82) is 0 Å². The van der Waals surface area contributed by atoms with Crippen LogP contribution in [0.25, 0.3) is 0 Å². The number of hydrogen-bond acceptors (Lipinski definition) is 5. The summed E-state index contributed by atoms with van der Waals surface area (Å²) in [7, 11) is 0. The highest BCUT2D eigenvalue weighted by atomic mass is 19.4. The number of para-hydroxylation sites is 1. The SMILES string of the molecule is CCOc1ccccc1C(=O)NCC(=O)N1CCN(c2ccc(C(F)(F)F)cn2)CC1. The zero-order valence-electron chi connectivity index (χ0n) is 17.0. The Kier molecular flexibility index (Phi) is 6.98. The molecule has 0 radical (unpaired) electrons. The number of nitrogens with one attached hydrogen (secondary N) is 1. The third-order valence-electron chi connectivity index (χ3n) is 4.86. The molecule has 0 atom stereocenters. The average Bonchev–Trinajstić information content (AvgIpc) is 2.77. The number of carbonyl (C=O) groups excluding carboxylic acids is 2. The third-order valence-corrected chi connectivity index (χ3v) is 4.86. The molecule has 2 heterocycles. The van der Waals surface area contributed by atoms with Crippen LogP contribution in [0.2, 0.25) is 0 Å². The van der Waals surface area contributed by atoms with Crippen LogP contribution in [0.3, 0.4) is 0 Å². The van der Waals surface area contributed by atoms with Crippen LogP contribution in [0, 0.1) is 0 Å². The van der Waals surface area contributed by atoms with E-state index in [0.717, 1.165) is 12.3 Å². The van der Waals surface area contributed by atoms with E-state index in [0.29, 0.717) is 49.9 Å². The third kappa shape index (κ3) is 5.65. The number of rotatable bonds is 6.